The van der Waals surface area contributed by atoms with Crippen molar-refractivity contribution in [3.05, 3.63) is 35.9 Å². The van der Waals surface area contributed by atoms with E-state index in [0.29, 0.717) is 12.3 Å². The second kappa shape index (κ2) is 8.15. The molecular weight excluding hydrogens is 264 g/mol. The number of ether oxygens (including phenoxy) is 1. The monoisotopic (exact) mass is 290 g/mol. The molecule has 1 aromatic rings. The summed E-state index contributed by atoms with van der Waals surface area (Å²) in [6, 6.07) is 10.3. The van der Waals surface area contributed by atoms with Crippen LogP contribution in [0.5, 0.6) is 0 Å². The number of hydrogen-bond donors (Lipinski definition) is 1. The minimum atomic E-state index is -0.189. The van der Waals surface area contributed by atoms with Crippen LogP contribution in [0.15, 0.2) is 30.3 Å². The van der Waals surface area contributed by atoms with Crippen molar-refractivity contribution in [2.24, 2.45) is 11.7 Å². The van der Waals surface area contributed by atoms with E-state index >= 15 is 0 Å². The smallest absolute Gasteiger partial charge is 0.217 e. The summed E-state index contributed by atoms with van der Waals surface area (Å²) in [7, 11) is 1.77. The van der Waals surface area contributed by atoms with Gasteiger partial charge in [0, 0.05) is 26.6 Å². The number of hydrogen-bond acceptors (Lipinski definition) is 3. The van der Waals surface area contributed by atoms with E-state index in [9.17, 15) is 4.79 Å². The minimum absolute atomic E-state index is 0.112. The first-order chi connectivity index (χ1) is 10.2. The zero-order valence-electron chi connectivity index (χ0n) is 12.8. The lowest BCUT2D eigenvalue weighted by Gasteiger charge is -2.34. The van der Waals surface area contributed by atoms with Crippen molar-refractivity contribution >= 4 is 5.91 Å². The van der Waals surface area contributed by atoms with Gasteiger partial charge in [-0.15, -0.1) is 0 Å². The summed E-state index contributed by atoms with van der Waals surface area (Å²) >= 11 is 0. The number of piperidine rings is 1. The Labute approximate surface area is 127 Å². The Bertz CT molecular complexity index is 436. The first-order valence-corrected chi connectivity index (χ1v) is 7.77. The van der Waals surface area contributed by atoms with Crippen molar-refractivity contribution < 1.29 is 9.53 Å². The fraction of sp³-hybridized carbons (Fsp3) is 0.588. The van der Waals surface area contributed by atoms with Crippen molar-refractivity contribution in [2.45, 2.75) is 31.8 Å². The topological polar surface area (TPSA) is 55.6 Å². The van der Waals surface area contributed by atoms with Crippen LogP contribution in [0.4, 0.5) is 0 Å². The molecular formula is C17H26N2O2. The summed E-state index contributed by atoms with van der Waals surface area (Å²) in [5, 5.41) is 0. The van der Waals surface area contributed by atoms with Crippen LogP contribution >= 0.6 is 0 Å². The van der Waals surface area contributed by atoms with Crippen molar-refractivity contribution in [3.8, 4) is 0 Å². The molecule has 0 saturated carbocycles. The number of carbonyl (C=O) groups excluding carboxylic acids is 1. The predicted octanol–water partition coefficient (Wildman–Crippen LogP) is 2.35. The van der Waals surface area contributed by atoms with Gasteiger partial charge in [0.2, 0.25) is 5.91 Å². The molecule has 1 saturated heterocycles. The maximum absolute atomic E-state index is 10.9. The quantitative estimate of drug-likeness (QED) is 0.838. The van der Waals surface area contributed by atoms with Gasteiger partial charge in [-0.1, -0.05) is 30.3 Å². The molecule has 1 fully saturated rings. The normalized spacial score (nSPS) is 21.1. The van der Waals surface area contributed by atoms with Crippen LogP contribution in [0.1, 0.15) is 37.4 Å². The highest BCUT2D eigenvalue weighted by Gasteiger charge is 2.23. The highest BCUT2D eigenvalue weighted by Crippen LogP contribution is 2.24. The number of carbonyl (C=O) groups is 1. The number of nitrogens with zero attached hydrogens (tertiary/aromatic N) is 1. The van der Waals surface area contributed by atoms with E-state index in [2.05, 4.69) is 17.0 Å². The van der Waals surface area contributed by atoms with E-state index in [1.807, 2.05) is 18.2 Å². The molecule has 116 valence electrons. The molecule has 1 aliphatic rings. The Kier molecular flexibility index (Phi) is 6.21. The number of amides is 1. The van der Waals surface area contributed by atoms with Gasteiger partial charge in [0.05, 0.1) is 6.10 Å². The Balaban J connectivity index is 1.87. The molecule has 1 heterocycles. The van der Waals surface area contributed by atoms with Crippen LogP contribution in [0.25, 0.3) is 0 Å². The van der Waals surface area contributed by atoms with Gasteiger partial charge in [-0.3, -0.25) is 4.79 Å². The van der Waals surface area contributed by atoms with Gasteiger partial charge >= 0.3 is 0 Å². The second-order valence-corrected chi connectivity index (χ2v) is 5.91. The molecule has 0 spiro atoms. The number of methoxy groups -OCH3 is 1. The third kappa shape index (κ3) is 5.14. The standard InChI is InChI=1S/C17H26N2O2/c1-21-16(15-7-3-2-4-8-15)13-19-11-5-6-14(12-19)9-10-17(18)20/h2-4,7-8,14,16H,5-6,9-13H2,1H3,(H2,18,20)/t14-,16-/m0/s1. The molecule has 0 radical (unpaired) electrons. The van der Waals surface area contributed by atoms with Gasteiger partial charge in [0.1, 0.15) is 0 Å². The average Bonchev–Trinajstić information content (AvgIpc) is 2.52. The van der Waals surface area contributed by atoms with Gasteiger partial charge in [-0.25, -0.2) is 0 Å². The van der Waals surface area contributed by atoms with E-state index in [4.69, 9.17) is 10.5 Å². The van der Waals surface area contributed by atoms with Gasteiger partial charge in [-0.05, 0) is 37.3 Å². The third-order valence-electron chi connectivity index (χ3n) is 4.28. The van der Waals surface area contributed by atoms with Gasteiger partial charge in [-0.2, -0.15) is 0 Å². The fourth-order valence-electron chi connectivity index (χ4n) is 3.12. The zero-order valence-corrected chi connectivity index (χ0v) is 12.8. The highest BCUT2D eigenvalue weighted by atomic mass is 16.5. The Morgan fingerprint density at radius 3 is 2.86 bits per heavy atom. The summed E-state index contributed by atoms with van der Waals surface area (Å²) in [4.78, 5) is 13.4. The largest absolute Gasteiger partial charge is 0.375 e. The maximum Gasteiger partial charge on any atom is 0.217 e. The van der Waals surface area contributed by atoms with E-state index in [1.165, 1.54) is 18.4 Å². The number of rotatable bonds is 7. The van der Waals surface area contributed by atoms with Gasteiger partial charge in [0.15, 0.2) is 0 Å². The lowest BCUT2D eigenvalue weighted by Crippen LogP contribution is -2.38. The molecule has 4 heteroatoms. The number of likely N-dealkylation sites (tertiary alicyclic amines) is 1. The van der Waals surface area contributed by atoms with Crippen LogP contribution in [-0.4, -0.2) is 37.6 Å². The highest BCUT2D eigenvalue weighted by molar-refractivity contribution is 5.73. The van der Waals surface area contributed by atoms with Crippen LogP contribution in [-0.2, 0) is 9.53 Å². The Morgan fingerprint density at radius 2 is 2.19 bits per heavy atom. The minimum Gasteiger partial charge on any atom is -0.375 e. The molecule has 2 atom stereocenters. The molecule has 0 bridgehead atoms. The molecule has 2 rings (SSSR count). The van der Waals surface area contributed by atoms with E-state index in [0.717, 1.165) is 26.1 Å². The van der Waals surface area contributed by atoms with E-state index < -0.39 is 0 Å². The van der Waals surface area contributed by atoms with Crippen LogP contribution < -0.4 is 5.73 Å². The van der Waals surface area contributed by atoms with Crippen molar-refractivity contribution in [2.75, 3.05) is 26.7 Å². The first-order valence-electron chi connectivity index (χ1n) is 7.77. The molecule has 1 aromatic carbocycles. The Morgan fingerprint density at radius 1 is 1.43 bits per heavy atom. The number of primary amides is 1. The van der Waals surface area contributed by atoms with Crippen LogP contribution in [0.2, 0.25) is 0 Å². The summed E-state index contributed by atoms with van der Waals surface area (Å²) in [6.07, 6.45) is 3.92. The second-order valence-electron chi connectivity index (χ2n) is 5.91. The summed E-state index contributed by atoms with van der Waals surface area (Å²) in [6.45, 7) is 3.06. The van der Waals surface area contributed by atoms with Gasteiger partial charge < -0.3 is 15.4 Å². The molecule has 0 unspecified atom stereocenters. The SMILES string of the molecule is CO[C@@H](CN1CCC[C@@H](CCC(N)=O)C1)c1ccccc1. The molecule has 1 amide bonds. The third-order valence-corrected chi connectivity index (χ3v) is 4.28. The van der Waals surface area contributed by atoms with Crippen molar-refractivity contribution in [1.82, 2.24) is 4.90 Å². The first kappa shape index (κ1) is 16.0. The van der Waals surface area contributed by atoms with Crippen LogP contribution in [0.3, 0.4) is 0 Å². The molecule has 2 N–H and O–H groups in total. The lowest BCUT2D eigenvalue weighted by atomic mass is 9.93. The summed E-state index contributed by atoms with van der Waals surface area (Å²) < 4.78 is 5.66. The average molecular weight is 290 g/mol. The lowest BCUT2D eigenvalue weighted by molar-refractivity contribution is -0.118. The molecule has 1 aliphatic heterocycles. The molecule has 21 heavy (non-hydrogen) atoms. The van der Waals surface area contributed by atoms with E-state index in [-0.39, 0.29) is 12.0 Å². The zero-order chi connectivity index (χ0) is 15.1. The predicted molar refractivity (Wildman–Crippen MR) is 83.8 cm³/mol. The van der Waals surface area contributed by atoms with Crippen LogP contribution in [0, 0.1) is 5.92 Å². The van der Waals surface area contributed by atoms with Gasteiger partial charge in [0.25, 0.3) is 0 Å². The molecule has 0 aliphatic carbocycles. The number of nitrogens with two attached hydrogens (primary N) is 1. The van der Waals surface area contributed by atoms with Crippen molar-refractivity contribution in [1.29, 1.82) is 0 Å². The fourth-order valence-corrected chi connectivity index (χ4v) is 3.12. The molecule has 0 aromatic heterocycles. The Hall–Kier alpha value is -1.39. The number of benzene rings is 1. The van der Waals surface area contributed by atoms with Crippen molar-refractivity contribution in [3.63, 3.8) is 0 Å². The molecule has 4 nitrogen and oxygen atoms in total. The summed E-state index contributed by atoms with van der Waals surface area (Å²) in [5.41, 5.74) is 6.47. The maximum atomic E-state index is 10.9. The van der Waals surface area contributed by atoms with E-state index in [1.54, 1.807) is 7.11 Å². The summed E-state index contributed by atoms with van der Waals surface area (Å²) in [5.74, 6) is 0.394.